The van der Waals surface area contributed by atoms with Crippen molar-refractivity contribution in [3.8, 4) is 5.75 Å². The number of hydrogen-bond donors (Lipinski definition) is 2. The van der Waals surface area contributed by atoms with Crippen molar-refractivity contribution < 1.29 is 13.9 Å². The van der Waals surface area contributed by atoms with E-state index in [1.165, 1.54) is 11.8 Å². The molecule has 0 aliphatic carbocycles. The zero-order valence-corrected chi connectivity index (χ0v) is 18.2. The van der Waals surface area contributed by atoms with Crippen molar-refractivity contribution in [2.45, 2.75) is 37.2 Å². The first-order chi connectivity index (χ1) is 15.0. The first-order valence-electron chi connectivity index (χ1n) is 10.1. The van der Waals surface area contributed by atoms with Gasteiger partial charge in [-0.05, 0) is 43.3 Å². The molecule has 4 heterocycles. The van der Waals surface area contributed by atoms with Crippen molar-refractivity contribution in [3.63, 3.8) is 0 Å². The maximum Gasteiger partial charge on any atom is 0.217 e. The number of nitrogens with one attached hydrogen (secondary N) is 1. The zero-order chi connectivity index (χ0) is 21.8. The average molecular weight is 440 g/mol. The van der Waals surface area contributed by atoms with E-state index in [9.17, 15) is 4.79 Å². The van der Waals surface area contributed by atoms with E-state index < -0.39 is 0 Å². The molecule has 0 spiro atoms. The van der Waals surface area contributed by atoms with Crippen LogP contribution in [0.25, 0.3) is 11.1 Å². The number of ether oxygens (including phenoxy) is 1. The second-order valence-electron chi connectivity index (χ2n) is 7.48. The minimum Gasteiger partial charge on any atom is -0.458 e. The van der Waals surface area contributed by atoms with E-state index in [1.807, 2.05) is 24.3 Å². The molecule has 1 aliphatic rings. The first kappa shape index (κ1) is 21.2. The molecule has 0 atom stereocenters. The maximum atomic E-state index is 11.2. The molecular formula is C22H25N5O3S. The van der Waals surface area contributed by atoms with Crippen molar-refractivity contribution in [2.75, 3.05) is 18.8 Å². The van der Waals surface area contributed by atoms with Crippen LogP contribution >= 0.6 is 11.8 Å². The van der Waals surface area contributed by atoms with E-state index in [0.717, 1.165) is 42.1 Å². The number of nitrogens with two attached hydrogens (primary N) is 1. The van der Waals surface area contributed by atoms with Crippen molar-refractivity contribution in [1.82, 2.24) is 20.2 Å². The number of aromatic nitrogens is 2. The Morgan fingerprint density at radius 2 is 2.19 bits per heavy atom. The second kappa shape index (κ2) is 9.40. The summed E-state index contributed by atoms with van der Waals surface area (Å²) in [5.74, 6) is 1.87. The maximum absolute atomic E-state index is 11.2. The number of rotatable bonds is 7. The molecule has 3 aromatic heterocycles. The number of fused-ring (bicyclic) bond motifs is 1. The highest BCUT2D eigenvalue weighted by Gasteiger charge is 2.21. The molecule has 3 aromatic rings. The molecule has 0 bridgehead atoms. The molecule has 1 amide bonds. The average Bonchev–Trinajstić information content (AvgIpc) is 3.12. The van der Waals surface area contributed by atoms with Crippen LogP contribution in [-0.4, -0.2) is 39.9 Å². The molecule has 1 fully saturated rings. The molecule has 1 saturated heterocycles. The number of anilines is 1. The second-order valence-corrected chi connectivity index (χ2v) is 8.58. The van der Waals surface area contributed by atoms with Gasteiger partial charge in [0.1, 0.15) is 22.8 Å². The third-order valence-corrected chi connectivity index (χ3v) is 5.90. The fourth-order valence-corrected chi connectivity index (χ4v) is 4.28. The summed E-state index contributed by atoms with van der Waals surface area (Å²) in [5, 5.41) is 3.46. The number of piperidine rings is 1. The van der Waals surface area contributed by atoms with Crippen LogP contribution in [0.5, 0.6) is 5.75 Å². The Morgan fingerprint density at radius 1 is 1.39 bits per heavy atom. The summed E-state index contributed by atoms with van der Waals surface area (Å²) in [6.07, 6.45) is 5.17. The van der Waals surface area contributed by atoms with Crippen LogP contribution in [0.2, 0.25) is 0 Å². The SMILES string of the molecule is C=C(Oc1cnc2cc(CN3CCC(NC(C)=O)CC3)oc2c1)Sc1cccnc1N. The monoisotopic (exact) mass is 439 g/mol. The van der Waals surface area contributed by atoms with E-state index >= 15 is 0 Å². The fraction of sp³-hybridized carbons (Fsp3) is 0.318. The number of pyridine rings is 2. The van der Waals surface area contributed by atoms with E-state index in [1.54, 1.807) is 19.3 Å². The quantitative estimate of drug-likeness (QED) is 0.425. The van der Waals surface area contributed by atoms with E-state index in [-0.39, 0.29) is 11.9 Å². The summed E-state index contributed by atoms with van der Waals surface area (Å²) < 4.78 is 11.8. The van der Waals surface area contributed by atoms with Crippen LogP contribution in [0.1, 0.15) is 25.5 Å². The first-order valence-corrected chi connectivity index (χ1v) is 10.9. The normalized spacial score (nSPS) is 15.1. The number of carbonyl (C=O) groups is 1. The van der Waals surface area contributed by atoms with Crippen LogP contribution in [0.15, 0.2) is 57.6 Å². The molecule has 4 rings (SSSR count). The lowest BCUT2D eigenvalue weighted by molar-refractivity contribution is -0.120. The Morgan fingerprint density at radius 3 is 2.94 bits per heavy atom. The van der Waals surface area contributed by atoms with Crippen molar-refractivity contribution in [1.29, 1.82) is 0 Å². The topological polar surface area (TPSA) is 107 Å². The van der Waals surface area contributed by atoms with Gasteiger partial charge in [0.25, 0.3) is 0 Å². The number of furan rings is 1. The lowest BCUT2D eigenvalue weighted by atomic mass is 10.0. The predicted octanol–water partition coefficient (Wildman–Crippen LogP) is 3.55. The van der Waals surface area contributed by atoms with Crippen LogP contribution in [0.3, 0.4) is 0 Å². The van der Waals surface area contributed by atoms with Gasteiger partial charge in [0.15, 0.2) is 10.7 Å². The Balaban J connectivity index is 1.35. The number of carbonyl (C=O) groups excluding carboxylic acids is 1. The van der Waals surface area contributed by atoms with Gasteiger partial charge in [-0.3, -0.25) is 9.69 Å². The minimum atomic E-state index is 0.0322. The number of nitrogen functional groups attached to an aromatic ring is 1. The Bertz CT molecular complexity index is 1090. The molecule has 9 heteroatoms. The van der Waals surface area contributed by atoms with Crippen molar-refractivity contribution in [3.05, 3.63) is 54.1 Å². The lowest BCUT2D eigenvalue weighted by Gasteiger charge is -2.31. The molecule has 0 aromatic carbocycles. The van der Waals surface area contributed by atoms with Crippen LogP contribution in [0, 0.1) is 0 Å². The van der Waals surface area contributed by atoms with Gasteiger partial charge in [-0.25, -0.2) is 9.97 Å². The summed E-state index contributed by atoms with van der Waals surface area (Å²) in [5.41, 5.74) is 7.32. The van der Waals surface area contributed by atoms with Crippen LogP contribution < -0.4 is 15.8 Å². The van der Waals surface area contributed by atoms with E-state index in [0.29, 0.717) is 28.8 Å². The predicted molar refractivity (Wildman–Crippen MR) is 120 cm³/mol. The number of amides is 1. The third kappa shape index (κ3) is 5.56. The highest BCUT2D eigenvalue weighted by atomic mass is 32.2. The van der Waals surface area contributed by atoms with Crippen LogP contribution in [0.4, 0.5) is 5.82 Å². The third-order valence-electron chi connectivity index (χ3n) is 5.03. The minimum absolute atomic E-state index is 0.0322. The molecule has 1 aliphatic heterocycles. The van der Waals surface area contributed by atoms with Crippen molar-refractivity contribution in [2.24, 2.45) is 0 Å². The van der Waals surface area contributed by atoms with Gasteiger partial charge in [-0.2, -0.15) is 0 Å². The van der Waals surface area contributed by atoms with Crippen LogP contribution in [-0.2, 0) is 11.3 Å². The molecule has 8 nitrogen and oxygen atoms in total. The lowest BCUT2D eigenvalue weighted by Crippen LogP contribution is -2.43. The molecule has 0 unspecified atom stereocenters. The molecule has 162 valence electrons. The largest absolute Gasteiger partial charge is 0.458 e. The summed E-state index contributed by atoms with van der Waals surface area (Å²) in [6.45, 7) is 8.04. The number of thioether (sulfide) groups is 1. The summed E-state index contributed by atoms with van der Waals surface area (Å²) in [4.78, 5) is 22.8. The number of nitrogens with zero attached hydrogens (tertiary/aromatic N) is 3. The van der Waals surface area contributed by atoms with Crippen molar-refractivity contribution >= 4 is 34.6 Å². The zero-order valence-electron chi connectivity index (χ0n) is 17.3. The summed E-state index contributed by atoms with van der Waals surface area (Å²) in [7, 11) is 0. The van der Waals surface area contributed by atoms with E-state index in [4.69, 9.17) is 14.9 Å². The highest BCUT2D eigenvalue weighted by molar-refractivity contribution is 8.03. The van der Waals surface area contributed by atoms with Gasteiger partial charge in [-0.15, -0.1) is 0 Å². The van der Waals surface area contributed by atoms with Gasteiger partial charge < -0.3 is 20.2 Å². The van der Waals surface area contributed by atoms with Gasteiger partial charge in [-0.1, -0.05) is 0 Å². The molecule has 31 heavy (non-hydrogen) atoms. The Hall–Kier alpha value is -3.04. The number of hydrogen-bond acceptors (Lipinski definition) is 8. The fourth-order valence-electron chi connectivity index (χ4n) is 3.59. The molecule has 0 saturated carbocycles. The Labute approximate surface area is 184 Å². The van der Waals surface area contributed by atoms with Gasteiger partial charge >= 0.3 is 0 Å². The number of likely N-dealkylation sites (tertiary alicyclic amines) is 1. The van der Waals surface area contributed by atoms with Gasteiger partial charge in [0.05, 0.1) is 17.6 Å². The standard InChI is InChI=1S/C22H25N5O3S/c1-14(28)26-16-5-8-27(9-6-16)13-18-10-19-20(30-18)11-17(12-25-19)29-15(2)31-21-4-3-7-24-22(21)23/h3-4,7,10-12,16H,2,5-6,8-9,13H2,1H3,(H2,23,24)(H,26,28). The van der Waals surface area contributed by atoms with E-state index in [2.05, 4.69) is 26.8 Å². The highest BCUT2D eigenvalue weighted by Crippen LogP contribution is 2.31. The molecule has 0 radical (unpaired) electrons. The van der Waals surface area contributed by atoms with Gasteiger partial charge in [0, 0.05) is 44.4 Å². The summed E-state index contributed by atoms with van der Waals surface area (Å²) >= 11 is 1.31. The van der Waals surface area contributed by atoms with Gasteiger partial charge in [0.2, 0.25) is 5.91 Å². The smallest absolute Gasteiger partial charge is 0.217 e. The molecular weight excluding hydrogens is 414 g/mol. The Kier molecular flexibility index (Phi) is 6.43. The summed E-state index contributed by atoms with van der Waals surface area (Å²) in [6, 6.07) is 7.71. The molecule has 3 N–H and O–H groups in total.